The van der Waals surface area contributed by atoms with E-state index >= 15 is 0 Å². The number of carbonyl (C=O) groups excluding carboxylic acids is 2. The Balaban J connectivity index is 2.34. The third-order valence-electron chi connectivity index (χ3n) is 2.95. The Hall–Kier alpha value is -2.22. The van der Waals surface area contributed by atoms with Crippen LogP contribution in [-0.2, 0) is 0 Å². The number of nitrogens with two attached hydrogens (primary N) is 2. The Bertz CT molecular complexity index is 686. The van der Waals surface area contributed by atoms with Crippen LogP contribution in [0.2, 0.25) is 0 Å². The van der Waals surface area contributed by atoms with Crippen LogP contribution < -0.4 is 22.5 Å². The number of hydrazine groups is 2. The number of benzene rings is 2. The fraction of sp³-hybridized carbons (Fsp3) is 0. The first-order chi connectivity index (χ1) is 10.1. The molecule has 108 valence electrons. The number of hydrogen-bond acceptors (Lipinski definition) is 4. The summed E-state index contributed by atoms with van der Waals surface area (Å²) in [7, 11) is 0. The van der Waals surface area contributed by atoms with Crippen molar-refractivity contribution in [1.82, 2.24) is 10.9 Å². The van der Waals surface area contributed by atoms with Crippen LogP contribution in [0, 0.1) is 0 Å². The largest absolute Gasteiger partial charge is 0.290 e. The van der Waals surface area contributed by atoms with Crippen molar-refractivity contribution in [1.29, 1.82) is 0 Å². The second kappa shape index (κ2) is 6.49. The second-order valence-corrected chi connectivity index (χ2v) is 5.07. The molecule has 0 aliphatic heterocycles. The van der Waals surface area contributed by atoms with Gasteiger partial charge < -0.3 is 0 Å². The maximum absolute atomic E-state index is 11.5. The number of rotatable bonds is 3. The van der Waals surface area contributed by atoms with Gasteiger partial charge in [0.05, 0.1) is 0 Å². The van der Waals surface area contributed by atoms with Crippen LogP contribution in [0.25, 0.3) is 11.1 Å². The molecule has 0 bridgehead atoms. The van der Waals surface area contributed by atoms with Crippen LogP contribution in [0.4, 0.5) is 0 Å². The predicted molar refractivity (Wildman–Crippen MR) is 82.9 cm³/mol. The smallest absolute Gasteiger partial charge is 0.265 e. The average Bonchev–Trinajstić information content (AvgIpc) is 2.53. The molecule has 0 saturated heterocycles. The van der Waals surface area contributed by atoms with E-state index in [1.807, 2.05) is 0 Å². The van der Waals surface area contributed by atoms with Gasteiger partial charge in [0.25, 0.3) is 11.8 Å². The van der Waals surface area contributed by atoms with E-state index < -0.39 is 0 Å². The molecule has 6 nitrogen and oxygen atoms in total. The number of amides is 2. The molecule has 0 atom stereocenters. The molecule has 0 fully saturated rings. The molecule has 2 amide bonds. The van der Waals surface area contributed by atoms with Crippen molar-refractivity contribution in [3.63, 3.8) is 0 Å². The van der Waals surface area contributed by atoms with Crippen molar-refractivity contribution in [2.24, 2.45) is 11.7 Å². The highest BCUT2D eigenvalue weighted by Crippen LogP contribution is 2.29. The van der Waals surface area contributed by atoms with Gasteiger partial charge in [-0.2, -0.15) is 0 Å². The van der Waals surface area contributed by atoms with Crippen molar-refractivity contribution >= 4 is 27.7 Å². The van der Waals surface area contributed by atoms with Crippen LogP contribution in [0.3, 0.4) is 0 Å². The molecule has 6 N–H and O–H groups in total. The molecule has 21 heavy (non-hydrogen) atoms. The minimum atomic E-state index is -0.364. The Morgan fingerprint density at radius 3 is 1.90 bits per heavy atom. The van der Waals surface area contributed by atoms with E-state index in [-0.39, 0.29) is 11.8 Å². The standard InChI is InChI=1S/C14H13BrN4O2/c15-12-7-10(14(21)19-17)5-6-11(12)8-1-3-9(4-2-8)13(20)18-16/h1-7H,16-17H2,(H,18,20)(H,19,21). The van der Waals surface area contributed by atoms with E-state index in [0.29, 0.717) is 11.1 Å². The average molecular weight is 349 g/mol. The third kappa shape index (κ3) is 3.27. The zero-order valence-electron chi connectivity index (χ0n) is 10.9. The fourth-order valence-corrected chi connectivity index (χ4v) is 2.47. The lowest BCUT2D eigenvalue weighted by Crippen LogP contribution is -2.30. The minimum absolute atomic E-state index is 0.351. The number of halogens is 1. The SMILES string of the molecule is NNC(=O)c1ccc(-c2ccc(C(=O)NN)cc2Br)cc1. The van der Waals surface area contributed by atoms with Gasteiger partial charge in [0.1, 0.15) is 0 Å². The van der Waals surface area contributed by atoms with Gasteiger partial charge in [-0.25, -0.2) is 11.7 Å². The predicted octanol–water partition coefficient (Wildman–Crippen LogP) is 1.32. The topological polar surface area (TPSA) is 110 Å². The quantitative estimate of drug-likeness (QED) is 0.381. The Kier molecular flexibility index (Phi) is 4.69. The van der Waals surface area contributed by atoms with Crippen LogP contribution in [0.5, 0.6) is 0 Å². The van der Waals surface area contributed by atoms with Crippen LogP contribution in [-0.4, -0.2) is 11.8 Å². The Morgan fingerprint density at radius 2 is 1.38 bits per heavy atom. The zero-order valence-corrected chi connectivity index (χ0v) is 12.5. The second-order valence-electron chi connectivity index (χ2n) is 4.22. The summed E-state index contributed by atoms with van der Waals surface area (Å²) in [5, 5.41) is 0. The summed E-state index contributed by atoms with van der Waals surface area (Å²) in [5.74, 6) is 9.46. The molecule has 7 heteroatoms. The summed E-state index contributed by atoms with van der Waals surface area (Å²) in [5.41, 5.74) is 6.86. The van der Waals surface area contributed by atoms with E-state index in [2.05, 4.69) is 26.8 Å². The molecular weight excluding hydrogens is 336 g/mol. The molecule has 0 aliphatic carbocycles. The molecule has 0 aromatic heterocycles. The maximum atomic E-state index is 11.5. The number of carbonyl (C=O) groups is 2. The van der Waals surface area contributed by atoms with Crippen molar-refractivity contribution in [2.75, 3.05) is 0 Å². The van der Waals surface area contributed by atoms with E-state index in [9.17, 15) is 9.59 Å². The van der Waals surface area contributed by atoms with Gasteiger partial charge in [-0.1, -0.05) is 34.1 Å². The molecule has 0 radical (unpaired) electrons. The Labute approximate surface area is 129 Å². The normalized spacial score (nSPS) is 10.0. The third-order valence-corrected chi connectivity index (χ3v) is 3.61. The van der Waals surface area contributed by atoms with Gasteiger partial charge in [-0.15, -0.1) is 0 Å². The summed E-state index contributed by atoms with van der Waals surface area (Å²) < 4.78 is 0.750. The minimum Gasteiger partial charge on any atom is -0.290 e. The molecule has 2 aromatic carbocycles. The first kappa shape index (κ1) is 15.2. The van der Waals surface area contributed by atoms with Crippen LogP contribution in [0.1, 0.15) is 20.7 Å². The maximum Gasteiger partial charge on any atom is 0.265 e. The molecule has 0 aliphatic rings. The highest BCUT2D eigenvalue weighted by atomic mass is 79.9. The molecular formula is C14H13BrN4O2. The summed E-state index contributed by atoms with van der Waals surface area (Å²) in [6.07, 6.45) is 0. The van der Waals surface area contributed by atoms with E-state index in [0.717, 1.165) is 15.6 Å². The number of nitrogens with one attached hydrogen (secondary N) is 2. The highest BCUT2D eigenvalue weighted by Gasteiger charge is 2.09. The number of hydrogen-bond donors (Lipinski definition) is 4. The van der Waals surface area contributed by atoms with Gasteiger partial charge in [-0.3, -0.25) is 20.4 Å². The molecule has 2 aromatic rings. The first-order valence-electron chi connectivity index (χ1n) is 5.98. The van der Waals surface area contributed by atoms with Gasteiger partial charge in [0.15, 0.2) is 0 Å². The van der Waals surface area contributed by atoms with Crippen LogP contribution >= 0.6 is 15.9 Å². The molecule has 0 spiro atoms. The molecule has 2 rings (SSSR count). The van der Waals surface area contributed by atoms with E-state index in [1.165, 1.54) is 0 Å². The summed E-state index contributed by atoms with van der Waals surface area (Å²) in [6, 6.07) is 12.1. The zero-order chi connectivity index (χ0) is 15.4. The van der Waals surface area contributed by atoms with Gasteiger partial charge in [-0.05, 0) is 35.4 Å². The highest BCUT2D eigenvalue weighted by molar-refractivity contribution is 9.10. The number of nitrogen functional groups attached to an aromatic ring is 2. The van der Waals surface area contributed by atoms with Gasteiger partial charge >= 0.3 is 0 Å². The monoisotopic (exact) mass is 348 g/mol. The van der Waals surface area contributed by atoms with Crippen molar-refractivity contribution < 1.29 is 9.59 Å². The van der Waals surface area contributed by atoms with Crippen molar-refractivity contribution in [2.45, 2.75) is 0 Å². The molecule has 0 saturated carbocycles. The molecule has 0 heterocycles. The Morgan fingerprint density at radius 1 is 0.857 bits per heavy atom. The van der Waals surface area contributed by atoms with Gasteiger partial charge in [0, 0.05) is 15.6 Å². The summed E-state index contributed by atoms with van der Waals surface area (Å²) in [6.45, 7) is 0. The lowest BCUT2D eigenvalue weighted by molar-refractivity contribution is 0.0945. The summed E-state index contributed by atoms with van der Waals surface area (Å²) in [4.78, 5) is 22.8. The van der Waals surface area contributed by atoms with Crippen molar-refractivity contribution in [3.8, 4) is 11.1 Å². The van der Waals surface area contributed by atoms with E-state index in [1.54, 1.807) is 42.5 Å². The lowest BCUT2D eigenvalue weighted by Gasteiger charge is -2.08. The molecule has 0 unspecified atom stereocenters. The van der Waals surface area contributed by atoms with Gasteiger partial charge in [0.2, 0.25) is 0 Å². The van der Waals surface area contributed by atoms with Crippen LogP contribution in [0.15, 0.2) is 46.9 Å². The lowest BCUT2D eigenvalue weighted by atomic mass is 10.0. The van der Waals surface area contributed by atoms with Crippen molar-refractivity contribution in [3.05, 3.63) is 58.1 Å². The fourth-order valence-electron chi connectivity index (χ4n) is 1.86. The van der Waals surface area contributed by atoms with E-state index in [4.69, 9.17) is 11.7 Å². The first-order valence-corrected chi connectivity index (χ1v) is 6.78. The summed E-state index contributed by atoms with van der Waals surface area (Å²) >= 11 is 3.42.